The molecular formula is C19H23N3O4. The molecule has 7 nitrogen and oxygen atoms in total. The molecule has 0 spiro atoms. The number of pyridine rings is 1. The number of para-hydroxylation sites is 1. The Morgan fingerprint density at radius 1 is 1.35 bits per heavy atom. The molecule has 1 aromatic carbocycles. The summed E-state index contributed by atoms with van der Waals surface area (Å²) < 4.78 is 11.3. The summed E-state index contributed by atoms with van der Waals surface area (Å²) in [5.41, 5.74) is 0.332. The van der Waals surface area contributed by atoms with E-state index in [4.69, 9.17) is 9.47 Å². The van der Waals surface area contributed by atoms with Crippen LogP contribution in [0.3, 0.4) is 0 Å². The van der Waals surface area contributed by atoms with Crippen molar-refractivity contribution in [2.45, 2.75) is 12.0 Å². The summed E-state index contributed by atoms with van der Waals surface area (Å²) in [6, 6.07) is 9.32. The zero-order valence-corrected chi connectivity index (χ0v) is 15.0. The molecule has 26 heavy (non-hydrogen) atoms. The first-order valence-corrected chi connectivity index (χ1v) is 8.55. The van der Waals surface area contributed by atoms with Gasteiger partial charge in [-0.25, -0.2) is 0 Å². The van der Waals surface area contributed by atoms with Crippen molar-refractivity contribution in [1.82, 2.24) is 15.2 Å². The van der Waals surface area contributed by atoms with E-state index in [2.05, 4.69) is 10.3 Å². The highest BCUT2D eigenvalue weighted by atomic mass is 16.5. The van der Waals surface area contributed by atoms with Crippen LogP contribution >= 0.6 is 0 Å². The first kappa shape index (κ1) is 18.3. The van der Waals surface area contributed by atoms with E-state index in [1.54, 1.807) is 31.3 Å². The van der Waals surface area contributed by atoms with Gasteiger partial charge in [-0.3, -0.25) is 14.6 Å². The van der Waals surface area contributed by atoms with E-state index < -0.39 is 5.60 Å². The summed E-state index contributed by atoms with van der Waals surface area (Å²) in [5, 5.41) is 3.51. The summed E-state index contributed by atoms with van der Waals surface area (Å²) >= 11 is 0. The van der Waals surface area contributed by atoms with Crippen molar-refractivity contribution in [3.63, 3.8) is 0 Å². The topological polar surface area (TPSA) is 80.8 Å². The van der Waals surface area contributed by atoms with Gasteiger partial charge in [-0.2, -0.15) is 0 Å². The number of hydrogen-bond acceptors (Lipinski definition) is 5. The van der Waals surface area contributed by atoms with Crippen LogP contribution in [0.15, 0.2) is 36.5 Å². The number of ether oxygens (including phenoxy) is 2. The molecule has 1 atom stereocenters. The highest BCUT2D eigenvalue weighted by molar-refractivity contribution is 6.05. The highest BCUT2D eigenvalue weighted by Gasteiger charge is 2.39. The number of aromatic nitrogens is 1. The molecule has 3 rings (SSSR count). The zero-order valence-electron chi connectivity index (χ0n) is 15.0. The van der Waals surface area contributed by atoms with Crippen LogP contribution in [0.4, 0.5) is 0 Å². The molecule has 1 aliphatic heterocycles. The summed E-state index contributed by atoms with van der Waals surface area (Å²) in [6.07, 6.45) is 1.80. The fourth-order valence-electron chi connectivity index (χ4n) is 3.21. The van der Waals surface area contributed by atoms with E-state index in [0.717, 1.165) is 5.39 Å². The molecule has 0 radical (unpaired) electrons. The van der Waals surface area contributed by atoms with E-state index in [9.17, 15) is 9.59 Å². The largest absolute Gasteiger partial charge is 0.377 e. The van der Waals surface area contributed by atoms with E-state index >= 15 is 0 Å². The average Bonchev–Trinajstić information content (AvgIpc) is 2.90. The minimum absolute atomic E-state index is 0.123. The molecule has 1 aromatic heterocycles. The van der Waals surface area contributed by atoms with Crippen molar-refractivity contribution < 1.29 is 19.1 Å². The number of nitrogens with zero attached hydrogens (tertiary/aromatic N) is 2. The third-order valence-corrected chi connectivity index (χ3v) is 4.69. The smallest absolute Gasteiger partial charge is 0.256 e. The highest BCUT2D eigenvalue weighted by Crippen LogP contribution is 2.24. The Labute approximate surface area is 152 Å². The summed E-state index contributed by atoms with van der Waals surface area (Å²) in [4.78, 5) is 31.2. The third-order valence-electron chi connectivity index (χ3n) is 4.69. The number of rotatable bonds is 4. The molecule has 1 unspecified atom stereocenters. The van der Waals surface area contributed by atoms with Crippen LogP contribution in [0.2, 0.25) is 0 Å². The van der Waals surface area contributed by atoms with Crippen LogP contribution in [-0.2, 0) is 14.3 Å². The summed E-state index contributed by atoms with van der Waals surface area (Å²) in [5.74, 6) is -0.297. The standard InChI is InChI=1S/C19H23N3O4/c1-20-16(23)11-19(25-2)12-22(9-10-26-13-19)18(24)15-7-3-5-14-6-4-8-21-17(14)15/h3-8H,9-13H2,1-2H3,(H,20,23). The molecule has 1 N–H and O–H groups in total. The lowest BCUT2D eigenvalue weighted by atomic mass is 9.98. The monoisotopic (exact) mass is 357 g/mol. The van der Waals surface area contributed by atoms with E-state index in [-0.39, 0.29) is 31.4 Å². The number of carbonyl (C=O) groups excluding carboxylic acids is 2. The number of hydrogen-bond donors (Lipinski definition) is 1. The Balaban J connectivity index is 1.91. The van der Waals surface area contributed by atoms with Gasteiger partial charge in [-0.15, -0.1) is 0 Å². The maximum absolute atomic E-state index is 13.2. The quantitative estimate of drug-likeness (QED) is 0.890. The Morgan fingerprint density at radius 2 is 2.15 bits per heavy atom. The molecule has 2 aromatic rings. The zero-order chi connectivity index (χ0) is 18.6. The van der Waals surface area contributed by atoms with E-state index in [1.807, 2.05) is 24.3 Å². The molecular weight excluding hydrogens is 334 g/mol. The van der Waals surface area contributed by atoms with Crippen molar-refractivity contribution in [3.8, 4) is 0 Å². The number of amides is 2. The Bertz CT molecular complexity index is 805. The number of nitrogens with one attached hydrogen (secondary N) is 1. The second kappa shape index (κ2) is 7.80. The van der Waals surface area contributed by atoms with E-state index in [0.29, 0.717) is 24.2 Å². The SMILES string of the molecule is CNC(=O)CC1(OC)COCCN(C(=O)c2cccc3cccnc23)C1. The maximum Gasteiger partial charge on any atom is 0.256 e. The van der Waals surface area contributed by atoms with Gasteiger partial charge in [0.2, 0.25) is 5.91 Å². The van der Waals surface area contributed by atoms with Crippen LogP contribution in [0.5, 0.6) is 0 Å². The van der Waals surface area contributed by atoms with Gasteiger partial charge in [0.05, 0.1) is 37.3 Å². The van der Waals surface area contributed by atoms with Crippen molar-refractivity contribution in [1.29, 1.82) is 0 Å². The van der Waals surface area contributed by atoms with Gasteiger partial charge in [0, 0.05) is 32.3 Å². The van der Waals surface area contributed by atoms with Crippen LogP contribution in [0.1, 0.15) is 16.8 Å². The Kier molecular flexibility index (Phi) is 5.49. The molecule has 1 fully saturated rings. The van der Waals surface area contributed by atoms with Gasteiger partial charge in [-0.1, -0.05) is 18.2 Å². The second-order valence-electron chi connectivity index (χ2n) is 6.40. The van der Waals surface area contributed by atoms with Gasteiger partial charge in [-0.05, 0) is 12.1 Å². The maximum atomic E-state index is 13.2. The molecule has 2 amide bonds. The van der Waals surface area contributed by atoms with Crippen LogP contribution in [0, 0.1) is 0 Å². The first-order valence-electron chi connectivity index (χ1n) is 8.55. The Morgan fingerprint density at radius 3 is 2.92 bits per heavy atom. The number of fused-ring (bicyclic) bond motifs is 1. The summed E-state index contributed by atoms with van der Waals surface area (Å²) in [6.45, 7) is 1.36. The predicted molar refractivity (Wildman–Crippen MR) is 96.9 cm³/mol. The van der Waals surface area contributed by atoms with Crippen LogP contribution < -0.4 is 5.32 Å². The van der Waals surface area contributed by atoms with Gasteiger partial charge in [0.15, 0.2) is 0 Å². The minimum atomic E-state index is -0.871. The fourth-order valence-corrected chi connectivity index (χ4v) is 3.21. The summed E-state index contributed by atoms with van der Waals surface area (Å²) in [7, 11) is 3.12. The van der Waals surface area contributed by atoms with Gasteiger partial charge in [0.25, 0.3) is 5.91 Å². The molecule has 0 aliphatic carbocycles. The van der Waals surface area contributed by atoms with Crippen molar-refractivity contribution >= 4 is 22.7 Å². The van der Waals surface area contributed by atoms with Crippen LogP contribution in [-0.4, -0.2) is 67.8 Å². The number of methoxy groups -OCH3 is 1. The fraction of sp³-hybridized carbons (Fsp3) is 0.421. The normalized spacial score (nSPS) is 20.6. The van der Waals surface area contributed by atoms with Crippen molar-refractivity contribution in [2.24, 2.45) is 0 Å². The molecule has 1 aliphatic rings. The molecule has 2 heterocycles. The first-order chi connectivity index (χ1) is 12.6. The lowest BCUT2D eigenvalue weighted by Gasteiger charge is -2.33. The lowest BCUT2D eigenvalue weighted by Crippen LogP contribution is -2.50. The number of benzene rings is 1. The number of carbonyl (C=O) groups is 2. The van der Waals surface area contributed by atoms with Crippen molar-refractivity contribution in [3.05, 3.63) is 42.1 Å². The molecule has 1 saturated heterocycles. The minimum Gasteiger partial charge on any atom is -0.377 e. The van der Waals surface area contributed by atoms with Crippen LogP contribution in [0.25, 0.3) is 10.9 Å². The van der Waals surface area contributed by atoms with Gasteiger partial charge in [0.1, 0.15) is 5.60 Å². The van der Waals surface area contributed by atoms with E-state index in [1.165, 1.54) is 0 Å². The average molecular weight is 357 g/mol. The Hall–Kier alpha value is -2.51. The predicted octanol–water partition coefficient (Wildman–Crippen LogP) is 1.23. The lowest BCUT2D eigenvalue weighted by molar-refractivity contribution is -0.131. The van der Waals surface area contributed by atoms with Gasteiger partial charge >= 0.3 is 0 Å². The molecule has 0 saturated carbocycles. The molecule has 0 bridgehead atoms. The van der Waals surface area contributed by atoms with Gasteiger partial charge < -0.3 is 19.7 Å². The van der Waals surface area contributed by atoms with Crippen molar-refractivity contribution in [2.75, 3.05) is 40.5 Å². The second-order valence-corrected chi connectivity index (χ2v) is 6.40. The molecule has 138 valence electrons. The molecule has 7 heteroatoms. The third kappa shape index (κ3) is 3.68.